The van der Waals surface area contributed by atoms with E-state index in [1.54, 1.807) is 0 Å². The van der Waals surface area contributed by atoms with Gasteiger partial charge in [-0.25, -0.2) is 0 Å². The second-order valence-corrected chi connectivity index (χ2v) is 4.41. The standard InChI is InChI=1S/C13H20N2/c1-12-7-9-15(10-8-14-12)11-13-5-3-2-4-6-13/h2-6,12,14H,7-11H2,1H3/t12-/m0/s1. The van der Waals surface area contributed by atoms with Gasteiger partial charge in [0.2, 0.25) is 0 Å². The summed E-state index contributed by atoms with van der Waals surface area (Å²) in [6.07, 6.45) is 1.26. The molecule has 0 bridgehead atoms. The molecule has 0 spiro atoms. The first-order valence-electron chi connectivity index (χ1n) is 5.84. The van der Waals surface area contributed by atoms with Gasteiger partial charge >= 0.3 is 0 Å². The van der Waals surface area contributed by atoms with Crippen molar-refractivity contribution in [2.75, 3.05) is 19.6 Å². The maximum atomic E-state index is 3.52. The fraction of sp³-hybridized carbons (Fsp3) is 0.538. The van der Waals surface area contributed by atoms with Gasteiger partial charge in [0.1, 0.15) is 0 Å². The summed E-state index contributed by atoms with van der Waals surface area (Å²) in [4.78, 5) is 2.53. The Morgan fingerprint density at radius 2 is 2.07 bits per heavy atom. The van der Waals surface area contributed by atoms with Crippen molar-refractivity contribution in [2.24, 2.45) is 0 Å². The van der Waals surface area contributed by atoms with E-state index in [1.165, 1.54) is 25.1 Å². The molecule has 1 atom stereocenters. The van der Waals surface area contributed by atoms with Crippen LogP contribution in [0.5, 0.6) is 0 Å². The van der Waals surface area contributed by atoms with Gasteiger partial charge in [-0.05, 0) is 18.9 Å². The third-order valence-corrected chi connectivity index (χ3v) is 3.05. The first-order valence-corrected chi connectivity index (χ1v) is 5.84. The summed E-state index contributed by atoms with van der Waals surface area (Å²) >= 11 is 0. The highest BCUT2D eigenvalue weighted by molar-refractivity contribution is 5.14. The van der Waals surface area contributed by atoms with Crippen LogP contribution in [0.15, 0.2) is 30.3 Å². The van der Waals surface area contributed by atoms with Gasteiger partial charge in [-0.1, -0.05) is 30.3 Å². The molecule has 2 nitrogen and oxygen atoms in total. The van der Waals surface area contributed by atoms with Crippen LogP contribution >= 0.6 is 0 Å². The Morgan fingerprint density at radius 3 is 2.87 bits per heavy atom. The zero-order valence-corrected chi connectivity index (χ0v) is 9.45. The average Bonchev–Trinajstić information content (AvgIpc) is 2.46. The molecule has 1 saturated heterocycles. The van der Waals surface area contributed by atoms with Crippen LogP contribution in [0, 0.1) is 0 Å². The van der Waals surface area contributed by atoms with Crippen molar-refractivity contribution in [1.29, 1.82) is 0 Å². The number of benzene rings is 1. The summed E-state index contributed by atoms with van der Waals surface area (Å²) < 4.78 is 0. The minimum Gasteiger partial charge on any atom is -0.313 e. The second kappa shape index (κ2) is 5.29. The third-order valence-electron chi connectivity index (χ3n) is 3.05. The smallest absolute Gasteiger partial charge is 0.0234 e. The fourth-order valence-electron chi connectivity index (χ4n) is 2.06. The van der Waals surface area contributed by atoms with Gasteiger partial charge in [-0.2, -0.15) is 0 Å². The molecule has 1 aliphatic heterocycles. The Kier molecular flexibility index (Phi) is 3.75. The van der Waals surface area contributed by atoms with Gasteiger partial charge in [-0.3, -0.25) is 4.90 Å². The molecule has 1 heterocycles. The maximum absolute atomic E-state index is 3.52. The molecule has 1 aromatic rings. The van der Waals surface area contributed by atoms with Gasteiger partial charge in [0.25, 0.3) is 0 Å². The molecule has 0 saturated carbocycles. The summed E-state index contributed by atoms with van der Waals surface area (Å²) in [5, 5.41) is 3.52. The predicted octanol–water partition coefficient (Wildman–Crippen LogP) is 1.87. The number of rotatable bonds is 2. The van der Waals surface area contributed by atoms with Crippen LogP contribution in [-0.4, -0.2) is 30.6 Å². The SMILES string of the molecule is C[C@H]1CCN(Cc2ccccc2)CCN1. The van der Waals surface area contributed by atoms with Crippen LogP contribution in [0.25, 0.3) is 0 Å². The van der Waals surface area contributed by atoms with E-state index in [0.717, 1.165) is 13.1 Å². The second-order valence-electron chi connectivity index (χ2n) is 4.41. The number of hydrogen-bond donors (Lipinski definition) is 1. The van der Waals surface area contributed by atoms with Gasteiger partial charge < -0.3 is 5.32 Å². The van der Waals surface area contributed by atoms with Crippen molar-refractivity contribution in [3.8, 4) is 0 Å². The monoisotopic (exact) mass is 204 g/mol. The average molecular weight is 204 g/mol. The first-order chi connectivity index (χ1) is 7.34. The normalized spacial score (nSPS) is 23.7. The molecule has 1 N–H and O–H groups in total. The molecule has 0 radical (unpaired) electrons. The summed E-state index contributed by atoms with van der Waals surface area (Å²) in [7, 11) is 0. The van der Waals surface area contributed by atoms with Crippen molar-refractivity contribution in [3.05, 3.63) is 35.9 Å². The van der Waals surface area contributed by atoms with Crippen LogP contribution in [0.2, 0.25) is 0 Å². The molecule has 1 aromatic carbocycles. The molecular weight excluding hydrogens is 184 g/mol. The highest BCUT2D eigenvalue weighted by atomic mass is 15.2. The molecule has 0 amide bonds. The van der Waals surface area contributed by atoms with Crippen LogP contribution < -0.4 is 5.32 Å². The Hall–Kier alpha value is -0.860. The van der Waals surface area contributed by atoms with Crippen molar-refractivity contribution >= 4 is 0 Å². The van der Waals surface area contributed by atoms with E-state index in [1.807, 2.05) is 0 Å². The minimum atomic E-state index is 0.672. The van der Waals surface area contributed by atoms with Crippen molar-refractivity contribution in [3.63, 3.8) is 0 Å². The maximum Gasteiger partial charge on any atom is 0.0234 e. The van der Waals surface area contributed by atoms with Gasteiger partial charge in [-0.15, -0.1) is 0 Å². The zero-order chi connectivity index (χ0) is 10.5. The molecule has 2 heteroatoms. The lowest BCUT2D eigenvalue weighted by Gasteiger charge is -2.19. The molecule has 0 aliphatic carbocycles. The number of nitrogens with one attached hydrogen (secondary N) is 1. The highest BCUT2D eigenvalue weighted by Crippen LogP contribution is 2.07. The van der Waals surface area contributed by atoms with E-state index in [9.17, 15) is 0 Å². The van der Waals surface area contributed by atoms with Crippen LogP contribution in [0.1, 0.15) is 18.9 Å². The topological polar surface area (TPSA) is 15.3 Å². The van der Waals surface area contributed by atoms with E-state index in [2.05, 4.69) is 47.5 Å². The molecule has 0 aromatic heterocycles. The highest BCUT2D eigenvalue weighted by Gasteiger charge is 2.12. The Bertz CT molecular complexity index is 284. The summed E-state index contributed by atoms with van der Waals surface area (Å²) in [5.41, 5.74) is 1.42. The minimum absolute atomic E-state index is 0.672. The lowest BCUT2D eigenvalue weighted by atomic mass is 10.2. The molecule has 15 heavy (non-hydrogen) atoms. The largest absolute Gasteiger partial charge is 0.313 e. The van der Waals surface area contributed by atoms with E-state index < -0.39 is 0 Å². The van der Waals surface area contributed by atoms with Crippen LogP contribution in [0.3, 0.4) is 0 Å². The molecule has 0 unspecified atom stereocenters. The van der Waals surface area contributed by atoms with E-state index in [0.29, 0.717) is 6.04 Å². The predicted molar refractivity (Wildman–Crippen MR) is 63.8 cm³/mol. The lowest BCUT2D eigenvalue weighted by molar-refractivity contribution is 0.282. The third kappa shape index (κ3) is 3.33. The van der Waals surface area contributed by atoms with Crippen LogP contribution in [0.4, 0.5) is 0 Å². The molecule has 2 rings (SSSR count). The summed E-state index contributed by atoms with van der Waals surface area (Å²) in [6.45, 7) is 6.86. The quantitative estimate of drug-likeness (QED) is 0.791. The Labute approximate surface area is 92.3 Å². The molecular formula is C13H20N2. The van der Waals surface area contributed by atoms with Crippen LogP contribution in [-0.2, 0) is 6.54 Å². The molecule has 1 aliphatic rings. The summed E-state index contributed by atoms with van der Waals surface area (Å²) in [6, 6.07) is 11.4. The zero-order valence-electron chi connectivity index (χ0n) is 9.45. The van der Waals surface area contributed by atoms with Crippen molar-refractivity contribution in [2.45, 2.75) is 25.9 Å². The Morgan fingerprint density at radius 1 is 1.27 bits per heavy atom. The molecule has 1 fully saturated rings. The van der Waals surface area contributed by atoms with Gasteiger partial charge in [0.05, 0.1) is 0 Å². The number of hydrogen-bond acceptors (Lipinski definition) is 2. The lowest BCUT2D eigenvalue weighted by Crippen LogP contribution is -2.28. The van der Waals surface area contributed by atoms with E-state index >= 15 is 0 Å². The van der Waals surface area contributed by atoms with Gasteiger partial charge in [0.15, 0.2) is 0 Å². The molecule has 82 valence electrons. The van der Waals surface area contributed by atoms with E-state index in [4.69, 9.17) is 0 Å². The first kappa shape index (κ1) is 10.7. The van der Waals surface area contributed by atoms with Crippen molar-refractivity contribution in [1.82, 2.24) is 10.2 Å². The Balaban J connectivity index is 1.89. The fourth-order valence-corrected chi connectivity index (χ4v) is 2.06. The van der Waals surface area contributed by atoms with E-state index in [-0.39, 0.29) is 0 Å². The summed E-state index contributed by atoms with van der Waals surface area (Å²) in [5.74, 6) is 0. The van der Waals surface area contributed by atoms with Crippen molar-refractivity contribution < 1.29 is 0 Å². The number of nitrogens with zero attached hydrogens (tertiary/aromatic N) is 1. The van der Waals surface area contributed by atoms with Gasteiger partial charge in [0, 0.05) is 32.2 Å².